The van der Waals surface area contributed by atoms with Crippen molar-refractivity contribution in [2.24, 2.45) is 5.92 Å². The van der Waals surface area contributed by atoms with Gasteiger partial charge in [0.2, 0.25) is 11.8 Å². The summed E-state index contributed by atoms with van der Waals surface area (Å²) < 4.78 is 0. The molecule has 2 aromatic carbocycles. The first-order chi connectivity index (χ1) is 13.0. The fourth-order valence-electron chi connectivity index (χ4n) is 3.26. The molecule has 1 heterocycles. The normalized spacial score (nSPS) is 16.3. The molecule has 1 fully saturated rings. The zero-order valence-corrected chi connectivity index (χ0v) is 15.5. The molecule has 27 heavy (non-hydrogen) atoms. The highest BCUT2D eigenvalue weighted by Crippen LogP contribution is 2.28. The van der Waals surface area contributed by atoms with Gasteiger partial charge < -0.3 is 15.5 Å². The van der Waals surface area contributed by atoms with Gasteiger partial charge in [0.1, 0.15) is 0 Å². The molecule has 0 radical (unpaired) electrons. The van der Waals surface area contributed by atoms with Crippen LogP contribution in [0.15, 0.2) is 48.5 Å². The minimum absolute atomic E-state index is 0.0681. The molecule has 2 N–H and O–H groups in total. The number of hydrogen-bond donors (Lipinski definition) is 2. The van der Waals surface area contributed by atoms with Gasteiger partial charge in [-0.3, -0.25) is 14.4 Å². The summed E-state index contributed by atoms with van der Waals surface area (Å²) in [5.41, 5.74) is 2.69. The van der Waals surface area contributed by atoms with Crippen LogP contribution < -0.4 is 15.5 Å². The molecule has 0 bridgehead atoms. The van der Waals surface area contributed by atoms with E-state index in [4.69, 9.17) is 0 Å². The van der Waals surface area contributed by atoms with Gasteiger partial charge in [-0.2, -0.15) is 0 Å². The fourth-order valence-corrected chi connectivity index (χ4v) is 3.26. The van der Waals surface area contributed by atoms with E-state index in [0.29, 0.717) is 24.3 Å². The highest BCUT2D eigenvalue weighted by atomic mass is 16.2. The number of anilines is 2. The quantitative estimate of drug-likeness (QED) is 0.855. The monoisotopic (exact) mass is 365 g/mol. The number of nitrogens with one attached hydrogen (secondary N) is 2. The van der Waals surface area contributed by atoms with E-state index in [1.54, 1.807) is 29.2 Å². The largest absolute Gasteiger partial charge is 0.352 e. The zero-order chi connectivity index (χ0) is 19.4. The van der Waals surface area contributed by atoms with E-state index in [2.05, 4.69) is 10.6 Å². The minimum atomic E-state index is -0.459. The molecule has 0 aromatic heterocycles. The molecular weight excluding hydrogens is 342 g/mol. The first kappa shape index (κ1) is 18.6. The van der Waals surface area contributed by atoms with Gasteiger partial charge in [-0.25, -0.2) is 0 Å². The second-order valence-corrected chi connectivity index (χ2v) is 6.59. The maximum Gasteiger partial charge on any atom is 0.253 e. The average Bonchev–Trinajstić information content (AvgIpc) is 3.04. The van der Waals surface area contributed by atoms with E-state index in [1.165, 1.54) is 0 Å². The van der Waals surface area contributed by atoms with Gasteiger partial charge in [0, 0.05) is 25.2 Å². The molecule has 1 atom stereocenters. The lowest BCUT2D eigenvalue weighted by Crippen LogP contribution is -2.29. The van der Waals surface area contributed by atoms with Gasteiger partial charge >= 0.3 is 0 Å². The molecule has 1 saturated heterocycles. The molecule has 6 nitrogen and oxygen atoms in total. The number of benzene rings is 2. The highest BCUT2D eigenvalue weighted by molar-refractivity contribution is 6.07. The summed E-state index contributed by atoms with van der Waals surface area (Å²) in [6.07, 6.45) is 0.156. The molecule has 0 unspecified atom stereocenters. The number of carbonyl (C=O) groups excluding carboxylic acids is 3. The molecule has 0 spiro atoms. The maximum atomic E-state index is 12.7. The van der Waals surface area contributed by atoms with Crippen LogP contribution in [0, 0.1) is 12.8 Å². The van der Waals surface area contributed by atoms with Gasteiger partial charge in [-0.15, -0.1) is 0 Å². The highest BCUT2D eigenvalue weighted by Gasteiger charge is 2.35. The molecule has 1 aliphatic rings. The Kier molecular flexibility index (Phi) is 5.54. The van der Waals surface area contributed by atoms with E-state index in [-0.39, 0.29) is 24.1 Å². The topological polar surface area (TPSA) is 78.5 Å². The van der Waals surface area contributed by atoms with Crippen molar-refractivity contribution in [3.63, 3.8) is 0 Å². The second-order valence-electron chi connectivity index (χ2n) is 6.59. The number of rotatable bonds is 5. The molecule has 6 heteroatoms. The lowest BCUT2D eigenvalue weighted by Gasteiger charge is -2.19. The van der Waals surface area contributed by atoms with Crippen LogP contribution in [0.4, 0.5) is 11.4 Å². The SMILES string of the molecule is CCNC(=O)c1ccccc1NC(=O)[C@H]1CC(=O)N(c2ccccc2C)C1. The Hall–Kier alpha value is -3.15. The second kappa shape index (κ2) is 8.03. The zero-order valence-electron chi connectivity index (χ0n) is 15.5. The van der Waals surface area contributed by atoms with E-state index in [1.807, 2.05) is 38.1 Å². The first-order valence-electron chi connectivity index (χ1n) is 9.05. The van der Waals surface area contributed by atoms with Crippen LogP contribution in [-0.2, 0) is 9.59 Å². The predicted octanol–water partition coefficient (Wildman–Crippen LogP) is 2.74. The summed E-state index contributed by atoms with van der Waals surface area (Å²) in [5, 5.41) is 5.55. The van der Waals surface area contributed by atoms with Gasteiger partial charge in [0.05, 0.1) is 17.2 Å². The smallest absolute Gasteiger partial charge is 0.253 e. The van der Waals surface area contributed by atoms with Gasteiger partial charge in [-0.1, -0.05) is 30.3 Å². The Morgan fingerprint density at radius 1 is 1.11 bits per heavy atom. The standard InChI is InChI=1S/C21H23N3O3/c1-3-22-21(27)16-9-5-6-10-17(16)23-20(26)15-12-19(25)24(13-15)18-11-7-4-8-14(18)2/h4-11,15H,3,12-13H2,1-2H3,(H,22,27)(H,23,26)/t15-/m0/s1. The summed E-state index contributed by atoms with van der Waals surface area (Å²) in [6, 6.07) is 14.5. The Balaban J connectivity index is 1.74. The molecule has 140 valence electrons. The van der Waals surface area contributed by atoms with Crippen LogP contribution in [0.25, 0.3) is 0 Å². The van der Waals surface area contributed by atoms with Crippen LogP contribution in [0.3, 0.4) is 0 Å². The minimum Gasteiger partial charge on any atom is -0.352 e. The summed E-state index contributed by atoms with van der Waals surface area (Å²) in [7, 11) is 0. The van der Waals surface area contributed by atoms with Crippen molar-refractivity contribution in [3.8, 4) is 0 Å². The Morgan fingerprint density at radius 3 is 2.56 bits per heavy atom. The van der Waals surface area contributed by atoms with Crippen LogP contribution in [0.1, 0.15) is 29.3 Å². The van der Waals surface area contributed by atoms with Crippen molar-refractivity contribution in [2.45, 2.75) is 20.3 Å². The first-order valence-corrected chi connectivity index (χ1v) is 9.05. The summed E-state index contributed by atoms with van der Waals surface area (Å²) in [4.78, 5) is 39.0. The number of para-hydroxylation sites is 2. The molecule has 2 aromatic rings. The number of carbonyl (C=O) groups is 3. The number of nitrogens with zero attached hydrogens (tertiary/aromatic N) is 1. The Morgan fingerprint density at radius 2 is 1.81 bits per heavy atom. The lowest BCUT2D eigenvalue weighted by atomic mass is 10.1. The Labute approximate surface area is 158 Å². The van der Waals surface area contributed by atoms with E-state index < -0.39 is 5.92 Å². The van der Waals surface area contributed by atoms with E-state index >= 15 is 0 Å². The number of aryl methyl sites for hydroxylation is 1. The third-order valence-electron chi connectivity index (χ3n) is 4.67. The van der Waals surface area contributed by atoms with Crippen molar-refractivity contribution in [1.29, 1.82) is 0 Å². The fraction of sp³-hybridized carbons (Fsp3) is 0.286. The van der Waals surface area contributed by atoms with Crippen LogP contribution in [0.2, 0.25) is 0 Å². The van der Waals surface area contributed by atoms with Crippen molar-refractivity contribution >= 4 is 29.1 Å². The third-order valence-corrected chi connectivity index (χ3v) is 4.67. The van der Waals surface area contributed by atoms with E-state index in [0.717, 1.165) is 11.3 Å². The van der Waals surface area contributed by atoms with Crippen molar-refractivity contribution in [3.05, 3.63) is 59.7 Å². The molecule has 3 rings (SSSR count). The maximum absolute atomic E-state index is 12.7. The van der Waals surface area contributed by atoms with Gasteiger partial charge in [0.25, 0.3) is 5.91 Å². The summed E-state index contributed by atoms with van der Waals surface area (Å²) in [5.74, 6) is -1.02. The van der Waals surface area contributed by atoms with Crippen molar-refractivity contribution in [1.82, 2.24) is 5.32 Å². The van der Waals surface area contributed by atoms with Crippen molar-refractivity contribution < 1.29 is 14.4 Å². The number of amides is 3. The predicted molar refractivity (Wildman–Crippen MR) is 105 cm³/mol. The molecule has 3 amide bonds. The van der Waals surface area contributed by atoms with Gasteiger partial charge in [0.15, 0.2) is 0 Å². The Bertz CT molecular complexity index is 878. The average molecular weight is 365 g/mol. The van der Waals surface area contributed by atoms with Crippen molar-refractivity contribution in [2.75, 3.05) is 23.3 Å². The number of hydrogen-bond acceptors (Lipinski definition) is 3. The summed E-state index contributed by atoms with van der Waals surface area (Å²) >= 11 is 0. The summed E-state index contributed by atoms with van der Waals surface area (Å²) in [6.45, 7) is 4.62. The van der Waals surface area contributed by atoms with Crippen LogP contribution >= 0.6 is 0 Å². The molecular formula is C21H23N3O3. The molecule has 0 saturated carbocycles. The van der Waals surface area contributed by atoms with Gasteiger partial charge in [-0.05, 0) is 37.6 Å². The van der Waals surface area contributed by atoms with Crippen LogP contribution in [0.5, 0.6) is 0 Å². The van der Waals surface area contributed by atoms with E-state index in [9.17, 15) is 14.4 Å². The third kappa shape index (κ3) is 4.00. The van der Waals surface area contributed by atoms with Crippen LogP contribution in [-0.4, -0.2) is 30.8 Å². The molecule has 1 aliphatic heterocycles. The lowest BCUT2D eigenvalue weighted by molar-refractivity contribution is -0.122. The molecule has 0 aliphatic carbocycles.